The van der Waals surface area contributed by atoms with E-state index in [0.29, 0.717) is 5.91 Å². The molecule has 1 fully saturated rings. The van der Waals surface area contributed by atoms with E-state index in [9.17, 15) is 4.79 Å². The zero-order valence-electron chi connectivity index (χ0n) is 7.54. The molecule has 1 aliphatic heterocycles. The molecule has 72 valence electrons. The van der Waals surface area contributed by atoms with Crippen molar-refractivity contribution in [3.05, 3.63) is 0 Å². The summed E-state index contributed by atoms with van der Waals surface area (Å²) in [6, 6.07) is 0. The van der Waals surface area contributed by atoms with Crippen LogP contribution in [-0.4, -0.2) is 61.7 Å². The van der Waals surface area contributed by atoms with Crippen LogP contribution in [0.25, 0.3) is 0 Å². The van der Waals surface area contributed by atoms with E-state index in [1.54, 1.807) is 4.90 Å². The Morgan fingerprint density at radius 2 is 2.00 bits per heavy atom. The Bertz CT molecular complexity index is 157. The summed E-state index contributed by atoms with van der Waals surface area (Å²) in [5.41, 5.74) is 0. The van der Waals surface area contributed by atoms with Crippen LogP contribution in [-0.2, 0) is 9.59 Å². The molecule has 5 heteroatoms. The molecule has 1 saturated heterocycles. The molecular weight excluding hydrogens is 355 g/mol. The van der Waals surface area contributed by atoms with Gasteiger partial charge in [0.2, 0.25) is 5.91 Å². The third kappa shape index (κ3) is 7.92. The number of nitrogens with zero attached hydrogens (tertiary/aromatic N) is 1. The van der Waals surface area contributed by atoms with Gasteiger partial charge in [0.25, 0.3) is 5.97 Å². The van der Waals surface area contributed by atoms with Gasteiger partial charge in [0, 0.05) is 26.9 Å². The third-order valence-corrected chi connectivity index (χ3v) is 1.31. The van der Waals surface area contributed by atoms with E-state index in [2.05, 4.69) is 0 Å². The molecule has 0 aromatic rings. The fraction of sp³-hybridized carbons (Fsp3) is 0.714. The van der Waals surface area contributed by atoms with Crippen molar-refractivity contribution in [3.63, 3.8) is 0 Å². The van der Waals surface area contributed by atoms with Gasteiger partial charge in [-0.2, -0.15) is 0 Å². The first-order chi connectivity index (χ1) is 5.04. The summed E-state index contributed by atoms with van der Waals surface area (Å²) < 4.78 is 0. The van der Waals surface area contributed by atoms with Crippen LogP contribution in [0.15, 0.2) is 0 Å². The van der Waals surface area contributed by atoms with Crippen molar-refractivity contribution in [2.75, 3.05) is 13.6 Å². The zero-order valence-corrected chi connectivity index (χ0v) is 13.0. The minimum absolute atomic E-state index is 0. The molecule has 1 N–H and O–H groups in total. The first-order valence-electron chi connectivity index (χ1n) is 3.47. The van der Waals surface area contributed by atoms with Gasteiger partial charge < -0.3 is 10.0 Å². The number of hydrogen-bond donors (Lipinski definition) is 1. The van der Waals surface area contributed by atoms with Crippen LogP contribution in [0.5, 0.6) is 0 Å². The van der Waals surface area contributed by atoms with Gasteiger partial charge in [0.15, 0.2) is 0 Å². The quantitative estimate of drug-likeness (QED) is 0.565. The fourth-order valence-corrected chi connectivity index (χ4v) is 0.783. The second kappa shape index (κ2) is 7.47. The predicted molar refractivity (Wildman–Crippen MR) is 50.1 cm³/mol. The van der Waals surface area contributed by atoms with Crippen molar-refractivity contribution in [1.82, 2.24) is 4.90 Å². The van der Waals surface area contributed by atoms with Gasteiger partial charge in [0.05, 0.1) is 0 Å². The Morgan fingerprint density at radius 1 is 1.58 bits per heavy atom. The molecule has 1 amide bonds. The average molecular weight is 371 g/mol. The summed E-state index contributed by atoms with van der Waals surface area (Å²) in [6.07, 6.45) is 1.81. The van der Waals surface area contributed by atoms with Gasteiger partial charge in [-0.1, -0.05) is 0 Å². The second-order valence-corrected chi connectivity index (χ2v) is 2.44. The second-order valence-electron chi connectivity index (χ2n) is 2.44. The van der Waals surface area contributed by atoms with Gasteiger partial charge in [-0.25, -0.2) is 0 Å². The Balaban J connectivity index is 0. The molecule has 4 nitrogen and oxygen atoms in total. The number of amides is 1. The molecule has 0 aliphatic carbocycles. The average Bonchev–Trinajstić information content (AvgIpc) is 2.15. The fourth-order valence-electron chi connectivity index (χ4n) is 0.783. The maximum atomic E-state index is 10.5. The Labute approximate surface area is 91.1 Å². The number of carboxylic acids is 1. The van der Waals surface area contributed by atoms with Crippen LogP contribution in [0.4, 0.5) is 0 Å². The predicted octanol–water partition coefficient (Wildman–Crippen LogP) is -0.854. The van der Waals surface area contributed by atoms with Crippen molar-refractivity contribution in [2.24, 2.45) is 0 Å². The van der Waals surface area contributed by atoms with E-state index >= 15 is 0 Å². The van der Waals surface area contributed by atoms with Crippen LogP contribution >= 0.6 is 0 Å². The van der Waals surface area contributed by atoms with E-state index < -0.39 is 5.97 Å². The summed E-state index contributed by atoms with van der Waals surface area (Å²) in [5, 5.41) is 7.42. The van der Waals surface area contributed by atoms with Gasteiger partial charge in [-0.05, 0) is 6.42 Å². The van der Waals surface area contributed by atoms with E-state index in [1.165, 1.54) is 0 Å². The van der Waals surface area contributed by atoms with Crippen LogP contribution in [0.3, 0.4) is 0 Å². The molecule has 0 radical (unpaired) electrons. The Hall–Kier alpha value is -0.177. The standard InChI is InChI=1S/C5H9NO.C2H4O2.Bi.3H/c1-6-4-2-3-5(6)7;1-2(3)4;;;;/h2-4H2,1H3;1H3,(H,3,4);;;;. The van der Waals surface area contributed by atoms with Crippen LogP contribution in [0.1, 0.15) is 19.8 Å². The van der Waals surface area contributed by atoms with Crippen LogP contribution in [0.2, 0.25) is 0 Å². The third-order valence-electron chi connectivity index (χ3n) is 1.31. The Kier molecular flexibility index (Phi) is 8.94. The summed E-state index contributed by atoms with van der Waals surface area (Å²) >= 11 is 0. The number of carbonyl (C=O) groups excluding carboxylic acids is 1. The monoisotopic (exact) mass is 371 g/mol. The summed E-state index contributed by atoms with van der Waals surface area (Å²) in [7, 11) is 1.84. The van der Waals surface area contributed by atoms with E-state index in [-0.39, 0.29) is 26.2 Å². The molecule has 0 unspecified atom stereocenters. The summed E-state index contributed by atoms with van der Waals surface area (Å²) in [5.74, 6) is -0.542. The molecule has 1 heterocycles. The maximum absolute atomic E-state index is 10.5. The molecule has 0 bridgehead atoms. The van der Waals surface area contributed by atoms with Crippen molar-refractivity contribution >= 4 is 38.1 Å². The summed E-state index contributed by atoms with van der Waals surface area (Å²) in [6.45, 7) is 2.04. The molecule has 12 heavy (non-hydrogen) atoms. The van der Waals surface area contributed by atoms with E-state index in [1.807, 2.05) is 7.05 Å². The number of rotatable bonds is 0. The van der Waals surface area contributed by atoms with Crippen molar-refractivity contribution in [2.45, 2.75) is 19.8 Å². The summed E-state index contributed by atoms with van der Waals surface area (Å²) in [4.78, 5) is 21.3. The van der Waals surface area contributed by atoms with Crippen molar-refractivity contribution < 1.29 is 14.7 Å². The normalized spacial score (nSPS) is 14.5. The molecule has 0 atom stereocenters. The van der Waals surface area contributed by atoms with E-state index in [0.717, 1.165) is 26.3 Å². The Morgan fingerprint density at radius 3 is 2.08 bits per heavy atom. The van der Waals surface area contributed by atoms with Gasteiger partial charge >= 0.3 is 26.2 Å². The first-order valence-corrected chi connectivity index (χ1v) is 3.47. The number of carboxylic acid groups (broad SMARTS) is 1. The van der Waals surface area contributed by atoms with Crippen molar-refractivity contribution in [1.29, 1.82) is 0 Å². The molecule has 1 aliphatic rings. The van der Waals surface area contributed by atoms with E-state index in [4.69, 9.17) is 9.90 Å². The topological polar surface area (TPSA) is 57.6 Å². The molecule has 0 saturated carbocycles. The number of carbonyl (C=O) groups is 2. The minimum atomic E-state index is -0.833. The molecule has 0 aromatic carbocycles. The van der Waals surface area contributed by atoms with Crippen LogP contribution < -0.4 is 0 Å². The SMILES string of the molecule is CC(=O)O.CN1CCCC1=O.[BiH3]. The first kappa shape index (κ1) is 14.4. The van der Waals surface area contributed by atoms with Gasteiger partial charge in [-0.15, -0.1) is 0 Å². The molecule has 0 spiro atoms. The number of aliphatic carboxylic acids is 1. The number of likely N-dealkylation sites (tertiary alicyclic amines) is 1. The van der Waals surface area contributed by atoms with Crippen molar-refractivity contribution in [3.8, 4) is 0 Å². The molecule has 1 rings (SSSR count). The van der Waals surface area contributed by atoms with Gasteiger partial charge in [-0.3, -0.25) is 9.59 Å². The molecular formula is C7H16BiNO3. The number of hydrogen-bond acceptors (Lipinski definition) is 2. The van der Waals surface area contributed by atoms with Gasteiger partial charge in [0.1, 0.15) is 0 Å². The molecule has 0 aromatic heterocycles. The van der Waals surface area contributed by atoms with Crippen LogP contribution in [0, 0.1) is 0 Å². The zero-order chi connectivity index (χ0) is 8.85.